The van der Waals surface area contributed by atoms with Crippen LogP contribution in [-0.2, 0) is 9.05 Å². The summed E-state index contributed by atoms with van der Waals surface area (Å²) in [5.41, 5.74) is 0. The van der Waals surface area contributed by atoms with Crippen LogP contribution in [0.25, 0.3) is 0 Å². The van der Waals surface area contributed by atoms with E-state index in [1.807, 2.05) is 0 Å². The van der Waals surface area contributed by atoms with Crippen molar-refractivity contribution in [2.75, 3.05) is 6.61 Å². The van der Waals surface area contributed by atoms with Gasteiger partial charge in [0, 0.05) is 16.7 Å². The van der Waals surface area contributed by atoms with E-state index in [0.717, 1.165) is 12.1 Å². The van der Waals surface area contributed by atoms with Gasteiger partial charge in [-0.15, -0.1) is 0 Å². The van der Waals surface area contributed by atoms with E-state index >= 15 is 0 Å². The lowest BCUT2D eigenvalue weighted by molar-refractivity contribution is 0.335. The van der Waals surface area contributed by atoms with Crippen LogP contribution in [0.5, 0.6) is 5.75 Å². The third-order valence-electron chi connectivity index (χ3n) is 1.55. The Morgan fingerprint density at radius 2 is 2.13 bits per heavy atom. The average molecular weight is 318 g/mol. The predicted molar refractivity (Wildman–Crippen MR) is 58.3 cm³/mol. The van der Waals surface area contributed by atoms with E-state index in [9.17, 15) is 12.8 Å². The highest BCUT2D eigenvalue weighted by Gasteiger charge is 2.19. The molecule has 0 atom stereocenters. The average Bonchev–Trinajstić information content (AvgIpc) is 2.09. The molecule has 0 saturated heterocycles. The molecule has 1 aromatic rings. The maximum absolute atomic E-state index is 13.3. The highest BCUT2D eigenvalue weighted by molar-refractivity contribution is 9.10. The van der Waals surface area contributed by atoms with Crippen LogP contribution in [0.3, 0.4) is 0 Å². The first-order valence-electron chi connectivity index (χ1n) is 3.92. The molecule has 0 fully saturated rings. The van der Waals surface area contributed by atoms with Crippen LogP contribution in [-0.4, -0.2) is 15.0 Å². The number of hydrogen-bond donors (Lipinski definition) is 0. The van der Waals surface area contributed by atoms with Gasteiger partial charge in [0.05, 0.1) is 11.1 Å². The summed E-state index contributed by atoms with van der Waals surface area (Å²) in [6, 6.07) is 2.05. The molecule has 0 unspecified atom stereocenters. The van der Waals surface area contributed by atoms with Gasteiger partial charge in [-0.3, -0.25) is 0 Å². The maximum Gasteiger partial charge on any atom is 0.264 e. The lowest BCUT2D eigenvalue weighted by Gasteiger charge is -2.07. The van der Waals surface area contributed by atoms with Gasteiger partial charge in [0.25, 0.3) is 9.05 Å². The molecule has 0 aliphatic carbocycles. The SMILES string of the molecule is CCOc1cc(F)c(S(=O)(=O)Cl)cc1Br. The normalized spacial score (nSPS) is 11.5. The molecule has 1 aromatic carbocycles. The highest BCUT2D eigenvalue weighted by atomic mass is 79.9. The van der Waals surface area contributed by atoms with Gasteiger partial charge in [0.2, 0.25) is 0 Å². The quantitative estimate of drug-likeness (QED) is 0.805. The van der Waals surface area contributed by atoms with Crippen molar-refractivity contribution in [2.24, 2.45) is 0 Å². The molecule has 0 aliphatic heterocycles. The van der Waals surface area contributed by atoms with Crippen molar-refractivity contribution in [3.8, 4) is 5.75 Å². The summed E-state index contributed by atoms with van der Waals surface area (Å²) < 4.78 is 40.6. The van der Waals surface area contributed by atoms with Crippen molar-refractivity contribution in [3.63, 3.8) is 0 Å². The third-order valence-corrected chi connectivity index (χ3v) is 3.51. The summed E-state index contributed by atoms with van der Waals surface area (Å²) in [5.74, 6) is -0.698. The molecular formula is C8H7BrClFO3S. The second kappa shape index (κ2) is 4.67. The van der Waals surface area contributed by atoms with E-state index in [1.54, 1.807) is 6.92 Å². The topological polar surface area (TPSA) is 43.4 Å². The Bertz CT molecular complexity index is 475. The highest BCUT2D eigenvalue weighted by Crippen LogP contribution is 2.31. The summed E-state index contributed by atoms with van der Waals surface area (Å²) in [4.78, 5) is -0.570. The Hall–Kier alpha value is -0.330. The third kappa shape index (κ3) is 3.06. The molecule has 0 spiro atoms. The fourth-order valence-corrected chi connectivity index (χ4v) is 2.48. The summed E-state index contributed by atoms with van der Waals surface area (Å²) >= 11 is 3.06. The second-order valence-corrected chi connectivity index (χ2v) is 5.97. The second-order valence-electron chi connectivity index (χ2n) is 2.58. The number of halogens is 3. The van der Waals surface area contributed by atoms with Gasteiger partial charge in [-0.25, -0.2) is 12.8 Å². The predicted octanol–water partition coefficient (Wildman–Crippen LogP) is 2.91. The lowest BCUT2D eigenvalue weighted by Crippen LogP contribution is -1.99. The summed E-state index contributed by atoms with van der Waals surface area (Å²) in [6.07, 6.45) is 0. The summed E-state index contributed by atoms with van der Waals surface area (Å²) in [7, 11) is 0.960. The molecule has 0 radical (unpaired) electrons. The molecule has 0 amide bonds. The summed E-state index contributed by atoms with van der Waals surface area (Å²) in [5, 5.41) is 0. The number of ether oxygens (including phenoxy) is 1. The first-order valence-corrected chi connectivity index (χ1v) is 7.03. The molecule has 0 N–H and O–H groups in total. The van der Waals surface area contributed by atoms with E-state index in [4.69, 9.17) is 15.4 Å². The van der Waals surface area contributed by atoms with Crippen LogP contribution < -0.4 is 4.74 Å². The molecule has 84 valence electrons. The smallest absolute Gasteiger partial charge is 0.264 e. The minimum Gasteiger partial charge on any atom is -0.493 e. The molecule has 0 bridgehead atoms. The Kier molecular flexibility index (Phi) is 3.97. The fraction of sp³-hybridized carbons (Fsp3) is 0.250. The number of benzene rings is 1. The molecule has 1 rings (SSSR count). The van der Waals surface area contributed by atoms with Gasteiger partial charge < -0.3 is 4.74 Å². The van der Waals surface area contributed by atoms with Crippen molar-refractivity contribution >= 4 is 35.7 Å². The van der Waals surface area contributed by atoms with E-state index in [1.165, 1.54) is 0 Å². The van der Waals surface area contributed by atoms with Crippen LogP contribution in [0.2, 0.25) is 0 Å². The van der Waals surface area contributed by atoms with Gasteiger partial charge in [-0.1, -0.05) is 0 Å². The van der Waals surface area contributed by atoms with Gasteiger partial charge >= 0.3 is 0 Å². The Morgan fingerprint density at radius 3 is 2.60 bits per heavy atom. The van der Waals surface area contributed by atoms with Crippen LogP contribution in [0, 0.1) is 5.82 Å². The minimum absolute atomic E-state index is 0.235. The monoisotopic (exact) mass is 316 g/mol. The fourth-order valence-electron chi connectivity index (χ4n) is 0.963. The molecular weight excluding hydrogens is 311 g/mol. The Morgan fingerprint density at radius 1 is 1.53 bits per heavy atom. The van der Waals surface area contributed by atoms with Gasteiger partial charge in [0.15, 0.2) is 0 Å². The maximum atomic E-state index is 13.3. The van der Waals surface area contributed by atoms with Crippen molar-refractivity contribution < 1.29 is 17.5 Å². The first kappa shape index (κ1) is 12.7. The van der Waals surface area contributed by atoms with E-state index in [2.05, 4.69) is 15.9 Å². The van der Waals surface area contributed by atoms with Crippen molar-refractivity contribution in [1.82, 2.24) is 0 Å². The van der Waals surface area contributed by atoms with Crippen molar-refractivity contribution in [3.05, 3.63) is 22.4 Å². The van der Waals surface area contributed by atoms with Crippen LogP contribution in [0.4, 0.5) is 4.39 Å². The van der Waals surface area contributed by atoms with E-state index in [-0.39, 0.29) is 5.75 Å². The van der Waals surface area contributed by atoms with Crippen molar-refractivity contribution in [2.45, 2.75) is 11.8 Å². The Labute approximate surface area is 99.7 Å². The first-order chi connectivity index (χ1) is 6.86. The van der Waals surface area contributed by atoms with Crippen LogP contribution >= 0.6 is 26.6 Å². The molecule has 15 heavy (non-hydrogen) atoms. The molecule has 3 nitrogen and oxygen atoms in total. The van der Waals surface area contributed by atoms with Crippen LogP contribution in [0.15, 0.2) is 21.5 Å². The zero-order chi connectivity index (χ0) is 11.6. The molecule has 0 saturated carbocycles. The van der Waals surface area contributed by atoms with Crippen molar-refractivity contribution in [1.29, 1.82) is 0 Å². The van der Waals surface area contributed by atoms with Gasteiger partial charge in [0.1, 0.15) is 16.5 Å². The van der Waals surface area contributed by atoms with Gasteiger partial charge in [-0.05, 0) is 28.9 Å². The largest absolute Gasteiger partial charge is 0.493 e. The van der Waals surface area contributed by atoms with Gasteiger partial charge in [-0.2, -0.15) is 0 Å². The minimum atomic E-state index is -4.08. The molecule has 0 aliphatic rings. The zero-order valence-corrected chi connectivity index (χ0v) is 10.8. The lowest BCUT2D eigenvalue weighted by atomic mass is 10.3. The molecule has 0 aromatic heterocycles. The number of rotatable bonds is 3. The Balaban J connectivity index is 3.32. The molecule has 7 heteroatoms. The standard InChI is InChI=1S/C8H7BrClFO3S/c1-2-14-7-4-6(11)8(3-5(7)9)15(10,12)13/h3-4H,2H2,1H3. The zero-order valence-electron chi connectivity index (χ0n) is 7.63. The van der Waals surface area contributed by atoms with E-state index in [0.29, 0.717) is 11.1 Å². The number of hydrogen-bond acceptors (Lipinski definition) is 3. The van der Waals surface area contributed by atoms with Crippen LogP contribution in [0.1, 0.15) is 6.92 Å². The van der Waals surface area contributed by atoms with E-state index < -0.39 is 19.8 Å². The molecule has 0 heterocycles. The summed E-state index contributed by atoms with van der Waals surface area (Å²) in [6.45, 7) is 2.08.